The molecule has 5 heteroatoms. The smallest absolute Gasteiger partial charge is 0.238 e. The molecular weight excluding hydrogens is 269 g/mol. The molecule has 1 N–H and O–H groups in total. The van der Waals surface area contributed by atoms with Gasteiger partial charge in [0.05, 0.1) is 6.54 Å². The van der Waals surface area contributed by atoms with E-state index in [1.165, 1.54) is 25.3 Å². The maximum atomic E-state index is 13.9. The van der Waals surface area contributed by atoms with E-state index in [9.17, 15) is 9.18 Å². The number of amides is 1. The Morgan fingerprint density at radius 1 is 1.14 bits per heavy atom. The van der Waals surface area contributed by atoms with Gasteiger partial charge in [0.2, 0.25) is 5.91 Å². The Morgan fingerprint density at radius 2 is 1.90 bits per heavy atom. The minimum atomic E-state index is -0.330. The molecule has 3 rings (SSSR count). The van der Waals surface area contributed by atoms with Crippen molar-refractivity contribution < 1.29 is 9.18 Å². The Kier molecular flexibility index (Phi) is 4.51. The zero-order valence-corrected chi connectivity index (χ0v) is 12.2. The Bertz CT molecular complexity index is 502. The van der Waals surface area contributed by atoms with Gasteiger partial charge in [0.15, 0.2) is 0 Å². The average molecular weight is 291 g/mol. The van der Waals surface area contributed by atoms with Crippen LogP contribution in [0.5, 0.6) is 0 Å². The largest absolute Gasteiger partial charge is 0.320 e. The molecule has 1 atom stereocenters. The van der Waals surface area contributed by atoms with Crippen molar-refractivity contribution in [3.63, 3.8) is 0 Å². The number of carbonyl (C=O) groups excluding carboxylic acids is 1. The summed E-state index contributed by atoms with van der Waals surface area (Å²) in [6.45, 7) is 4.04. The van der Waals surface area contributed by atoms with Crippen LogP contribution < -0.4 is 5.32 Å². The third-order valence-corrected chi connectivity index (χ3v) is 4.38. The monoisotopic (exact) mass is 291 g/mol. The van der Waals surface area contributed by atoms with Crippen LogP contribution in [0, 0.1) is 5.82 Å². The van der Waals surface area contributed by atoms with E-state index in [-0.39, 0.29) is 17.9 Å². The first-order chi connectivity index (χ1) is 10.3. The Hall–Kier alpha value is -1.46. The van der Waals surface area contributed by atoms with Crippen molar-refractivity contribution in [1.29, 1.82) is 0 Å². The van der Waals surface area contributed by atoms with Crippen LogP contribution in [0.4, 0.5) is 4.39 Å². The number of rotatable bonds is 4. The van der Waals surface area contributed by atoms with Gasteiger partial charge in [-0.25, -0.2) is 4.39 Å². The van der Waals surface area contributed by atoms with Crippen molar-refractivity contribution in [3.8, 4) is 0 Å². The van der Waals surface area contributed by atoms with Crippen molar-refractivity contribution in [1.82, 2.24) is 15.1 Å². The molecule has 114 valence electrons. The first kappa shape index (κ1) is 14.5. The van der Waals surface area contributed by atoms with Gasteiger partial charge in [0.25, 0.3) is 0 Å². The molecule has 0 saturated carbocycles. The summed E-state index contributed by atoms with van der Waals surface area (Å²) in [6, 6.07) is 6.68. The second-order valence-corrected chi connectivity index (χ2v) is 5.79. The summed E-state index contributed by atoms with van der Waals surface area (Å²) in [6.07, 6.45) is 3.45. The van der Waals surface area contributed by atoms with E-state index >= 15 is 0 Å². The fourth-order valence-electron chi connectivity index (χ4n) is 3.20. The predicted octanol–water partition coefficient (Wildman–Crippen LogP) is 1.74. The van der Waals surface area contributed by atoms with Crippen LogP contribution in [0.3, 0.4) is 0 Å². The summed E-state index contributed by atoms with van der Waals surface area (Å²) >= 11 is 0. The Balaban J connectivity index is 1.66. The molecule has 1 amide bonds. The number of piperidine rings is 1. The average Bonchev–Trinajstić information content (AvgIpc) is 2.88. The van der Waals surface area contributed by atoms with Crippen LogP contribution in [0.2, 0.25) is 0 Å². The molecule has 1 unspecified atom stereocenters. The SMILES string of the molecule is O=C1CNC(c2ccccc2F)N1CCN1CCCCC1. The molecule has 0 radical (unpaired) electrons. The van der Waals surface area contributed by atoms with Crippen LogP contribution >= 0.6 is 0 Å². The first-order valence-corrected chi connectivity index (χ1v) is 7.75. The highest BCUT2D eigenvalue weighted by Crippen LogP contribution is 2.24. The highest BCUT2D eigenvalue weighted by Gasteiger charge is 2.33. The normalized spacial score (nSPS) is 23.8. The Labute approximate surface area is 124 Å². The van der Waals surface area contributed by atoms with Gasteiger partial charge in [-0.1, -0.05) is 24.6 Å². The van der Waals surface area contributed by atoms with Crippen LogP contribution in [0.25, 0.3) is 0 Å². The van der Waals surface area contributed by atoms with E-state index in [0.29, 0.717) is 18.7 Å². The van der Waals surface area contributed by atoms with Crippen molar-refractivity contribution in [2.45, 2.75) is 25.4 Å². The standard InChI is InChI=1S/C16H22FN3O/c17-14-7-3-2-6-13(14)16-18-12-15(21)20(16)11-10-19-8-4-1-5-9-19/h2-3,6-7,16,18H,1,4-5,8-12H2. The third kappa shape index (κ3) is 3.24. The topological polar surface area (TPSA) is 35.6 Å². The molecule has 2 heterocycles. The zero-order chi connectivity index (χ0) is 14.7. The van der Waals surface area contributed by atoms with E-state index in [0.717, 1.165) is 19.6 Å². The highest BCUT2D eigenvalue weighted by molar-refractivity contribution is 5.81. The van der Waals surface area contributed by atoms with E-state index in [2.05, 4.69) is 10.2 Å². The maximum Gasteiger partial charge on any atom is 0.238 e. The number of carbonyl (C=O) groups is 1. The van der Waals surface area contributed by atoms with Crippen LogP contribution in [0.1, 0.15) is 31.0 Å². The Morgan fingerprint density at radius 3 is 2.67 bits per heavy atom. The van der Waals surface area contributed by atoms with E-state index in [1.807, 2.05) is 6.07 Å². The number of halogens is 1. The summed E-state index contributed by atoms with van der Waals surface area (Å²) < 4.78 is 13.9. The van der Waals surface area contributed by atoms with Crippen LogP contribution in [-0.4, -0.2) is 48.4 Å². The number of nitrogens with one attached hydrogen (secondary N) is 1. The van der Waals surface area contributed by atoms with E-state index < -0.39 is 0 Å². The lowest BCUT2D eigenvalue weighted by Gasteiger charge is -2.30. The fourth-order valence-corrected chi connectivity index (χ4v) is 3.20. The van der Waals surface area contributed by atoms with Gasteiger partial charge in [0, 0.05) is 18.7 Å². The van der Waals surface area contributed by atoms with Crippen molar-refractivity contribution >= 4 is 5.91 Å². The highest BCUT2D eigenvalue weighted by atomic mass is 19.1. The van der Waals surface area contributed by atoms with Crippen LogP contribution in [-0.2, 0) is 4.79 Å². The number of hydrogen-bond donors (Lipinski definition) is 1. The quantitative estimate of drug-likeness (QED) is 0.918. The van der Waals surface area contributed by atoms with Crippen molar-refractivity contribution in [2.75, 3.05) is 32.7 Å². The van der Waals surface area contributed by atoms with Gasteiger partial charge in [-0.05, 0) is 32.0 Å². The molecule has 0 bridgehead atoms. The molecule has 0 aromatic heterocycles. The number of benzene rings is 1. The van der Waals surface area contributed by atoms with Gasteiger partial charge in [-0.15, -0.1) is 0 Å². The number of likely N-dealkylation sites (tertiary alicyclic amines) is 1. The lowest BCUT2D eigenvalue weighted by molar-refractivity contribution is -0.128. The van der Waals surface area contributed by atoms with Crippen molar-refractivity contribution in [3.05, 3.63) is 35.6 Å². The second kappa shape index (κ2) is 6.54. The summed E-state index contributed by atoms with van der Waals surface area (Å²) in [7, 11) is 0. The molecule has 0 aliphatic carbocycles. The van der Waals surface area contributed by atoms with Gasteiger partial charge in [0.1, 0.15) is 12.0 Å². The van der Waals surface area contributed by atoms with Crippen LogP contribution in [0.15, 0.2) is 24.3 Å². The first-order valence-electron chi connectivity index (χ1n) is 7.75. The molecule has 2 aliphatic heterocycles. The number of nitrogens with zero attached hydrogens (tertiary/aromatic N) is 2. The third-order valence-electron chi connectivity index (χ3n) is 4.38. The molecule has 2 aliphatic rings. The van der Waals surface area contributed by atoms with E-state index in [1.54, 1.807) is 17.0 Å². The van der Waals surface area contributed by atoms with Gasteiger partial charge >= 0.3 is 0 Å². The maximum absolute atomic E-state index is 13.9. The minimum Gasteiger partial charge on any atom is -0.320 e. The van der Waals surface area contributed by atoms with Crippen molar-refractivity contribution in [2.24, 2.45) is 0 Å². The lowest BCUT2D eigenvalue weighted by atomic mass is 10.1. The molecule has 0 spiro atoms. The second-order valence-electron chi connectivity index (χ2n) is 5.79. The molecular formula is C16H22FN3O. The summed E-state index contributed by atoms with van der Waals surface area (Å²) in [4.78, 5) is 16.2. The summed E-state index contributed by atoms with van der Waals surface area (Å²) in [5.41, 5.74) is 0.557. The predicted molar refractivity (Wildman–Crippen MR) is 79.1 cm³/mol. The molecule has 1 aromatic rings. The summed E-state index contributed by atoms with van der Waals surface area (Å²) in [5.74, 6) is -0.201. The molecule has 4 nitrogen and oxygen atoms in total. The van der Waals surface area contributed by atoms with Gasteiger partial charge in [-0.3, -0.25) is 10.1 Å². The molecule has 21 heavy (non-hydrogen) atoms. The number of hydrogen-bond acceptors (Lipinski definition) is 3. The van der Waals surface area contributed by atoms with E-state index in [4.69, 9.17) is 0 Å². The lowest BCUT2D eigenvalue weighted by Crippen LogP contribution is -2.40. The fraction of sp³-hybridized carbons (Fsp3) is 0.562. The molecule has 2 fully saturated rings. The summed E-state index contributed by atoms with van der Waals surface area (Å²) in [5, 5.41) is 3.12. The molecule has 1 aromatic carbocycles. The van der Waals surface area contributed by atoms with Gasteiger partial charge in [-0.2, -0.15) is 0 Å². The molecule has 2 saturated heterocycles. The van der Waals surface area contributed by atoms with Gasteiger partial charge < -0.3 is 9.80 Å². The minimum absolute atomic E-state index is 0.0558. The zero-order valence-electron chi connectivity index (χ0n) is 12.2.